The van der Waals surface area contributed by atoms with E-state index in [0.29, 0.717) is 6.61 Å². The van der Waals surface area contributed by atoms with Crippen molar-refractivity contribution in [2.45, 2.75) is 95.2 Å². The molecule has 0 spiro atoms. The SMILES string of the molecule is CC1(C)OCC2OC3([C@@H]4OC(C)(C)O[C@H]4CO)OC(C)(C)OC3C2O1. The second kappa shape index (κ2) is 5.36. The van der Waals surface area contributed by atoms with Gasteiger partial charge in [0, 0.05) is 0 Å². The van der Waals surface area contributed by atoms with Crippen LogP contribution in [0.25, 0.3) is 0 Å². The molecule has 0 aromatic heterocycles. The van der Waals surface area contributed by atoms with Crippen molar-refractivity contribution >= 4 is 0 Å². The summed E-state index contributed by atoms with van der Waals surface area (Å²) in [6.45, 7) is 11.1. The smallest absolute Gasteiger partial charge is 0.230 e. The summed E-state index contributed by atoms with van der Waals surface area (Å²) in [7, 11) is 0. The van der Waals surface area contributed by atoms with Crippen molar-refractivity contribution in [1.29, 1.82) is 0 Å². The minimum absolute atomic E-state index is 0.214. The largest absolute Gasteiger partial charge is 0.394 e. The zero-order valence-corrected chi connectivity index (χ0v) is 15.6. The van der Waals surface area contributed by atoms with Crippen LogP contribution in [0.5, 0.6) is 0 Å². The van der Waals surface area contributed by atoms with E-state index in [1.165, 1.54) is 0 Å². The van der Waals surface area contributed by atoms with Crippen molar-refractivity contribution in [3.8, 4) is 0 Å². The number of aliphatic hydroxyl groups excluding tert-OH is 1. The Morgan fingerprint density at radius 1 is 0.800 bits per heavy atom. The molecule has 0 aromatic carbocycles. The maximum atomic E-state index is 9.80. The van der Waals surface area contributed by atoms with Gasteiger partial charge in [0.2, 0.25) is 5.79 Å². The van der Waals surface area contributed by atoms with Crippen LogP contribution >= 0.6 is 0 Å². The van der Waals surface area contributed by atoms with Gasteiger partial charge in [0.05, 0.1) is 13.2 Å². The first-order valence-electron chi connectivity index (χ1n) is 8.81. The molecule has 4 unspecified atom stereocenters. The first kappa shape index (κ1) is 18.1. The second-order valence-electron chi connectivity index (χ2n) is 8.49. The third-order valence-corrected chi connectivity index (χ3v) is 4.99. The number of hydrogen-bond donors (Lipinski definition) is 1. The summed E-state index contributed by atoms with van der Waals surface area (Å²) in [5.41, 5.74) is 0. The minimum atomic E-state index is -1.23. The van der Waals surface area contributed by atoms with Crippen LogP contribution in [0.2, 0.25) is 0 Å². The van der Waals surface area contributed by atoms with Gasteiger partial charge in [0.1, 0.15) is 30.5 Å². The molecular weight excluding hydrogens is 332 g/mol. The van der Waals surface area contributed by atoms with Gasteiger partial charge in [-0.25, -0.2) is 0 Å². The van der Waals surface area contributed by atoms with Gasteiger partial charge in [-0.1, -0.05) is 0 Å². The van der Waals surface area contributed by atoms with E-state index in [-0.39, 0.29) is 18.8 Å². The lowest BCUT2D eigenvalue weighted by molar-refractivity contribution is -0.339. The van der Waals surface area contributed by atoms with Crippen molar-refractivity contribution in [3.63, 3.8) is 0 Å². The fourth-order valence-corrected chi connectivity index (χ4v) is 4.25. The maximum absolute atomic E-state index is 9.80. The molecule has 0 bridgehead atoms. The van der Waals surface area contributed by atoms with Gasteiger partial charge in [0.25, 0.3) is 0 Å². The first-order valence-corrected chi connectivity index (χ1v) is 8.81. The van der Waals surface area contributed by atoms with Gasteiger partial charge < -0.3 is 38.3 Å². The van der Waals surface area contributed by atoms with E-state index in [9.17, 15) is 5.11 Å². The molecule has 0 saturated carbocycles. The maximum Gasteiger partial charge on any atom is 0.230 e. The van der Waals surface area contributed by atoms with E-state index in [2.05, 4.69) is 0 Å². The zero-order valence-electron chi connectivity index (χ0n) is 15.6. The first-order chi connectivity index (χ1) is 11.5. The van der Waals surface area contributed by atoms with Crippen LogP contribution in [0, 0.1) is 0 Å². The lowest BCUT2D eigenvalue weighted by atomic mass is 9.96. The van der Waals surface area contributed by atoms with E-state index in [0.717, 1.165) is 0 Å². The van der Waals surface area contributed by atoms with Gasteiger partial charge in [-0.3, -0.25) is 0 Å². The normalized spacial score (nSPS) is 49.8. The molecule has 4 aliphatic rings. The van der Waals surface area contributed by atoms with Crippen LogP contribution in [0.3, 0.4) is 0 Å². The number of hydrogen-bond acceptors (Lipinski definition) is 8. The Labute approximate surface area is 147 Å². The Balaban J connectivity index is 1.71. The van der Waals surface area contributed by atoms with E-state index >= 15 is 0 Å². The quantitative estimate of drug-likeness (QED) is 0.777. The molecule has 4 rings (SSSR count). The molecule has 0 aromatic rings. The molecule has 4 fully saturated rings. The molecular formula is C17H28O8. The highest BCUT2D eigenvalue weighted by atomic mass is 16.9. The number of fused-ring (bicyclic) bond motifs is 3. The van der Waals surface area contributed by atoms with Gasteiger partial charge in [0.15, 0.2) is 17.4 Å². The van der Waals surface area contributed by atoms with Crippen molar-refractivity contribution in [2.24, 2.45) is 0 Å². The topological polar surface area (TPSA) is 84.8 Å². The van der Waals surface area contributed by atoms with Crippen LogP contribution in [0.4, 0.5) is 0 Å². The fraction of sp³-hybridized carbons (Fsp3) is 1.00. The molecule has 25 heavy (non-hydrogen) atoms. The molecule has 4 saturated heterocycles. The lowest BCUT2D eigenvalue weighted by Crippen LogP contribution is -2.56. The van der Waals surface area contributed by atoms with Crippen molar-refractivity contribution in [3.05, 3.63) is 0 Å². The predicted octanol–water partition coefficient (Wildman–Crippen LogP) is 0.897. The summed E-state index contributed by atoms with van der Waals surface area (Å²) < 4.78 is 42.4. The van der Waals surface area contributed by atoms with Crippen molar-refractivity contribution in [1.82, 2.24) is 0 Å². The van der Waals surface area contributed by atoms with E-state index in [1.807, 2.05) is 27.7 Å². The van der Waals surface area contributed by atoms with Crippen LogP contribution in [0.1, 0.15) is 41.5 Å². The van der Waals surface area contributed by atoms with Crippen molar-refractivity contribution < 1.29 is 38.3 Å². The average molecular weight is 360 g/mol. The van der Waals surface area contributed by atoms with E-state index < -0.39 is 41.5 Å². The lowest BCUT2D eigenvalue weighted by Gasteiger charge is -2.38. The van der Waals surface area contributed by atoms with Crippen LogP contribution < -0.4 is 0 Å². The Morgan fingerprint density at radius 2 is 1.48 bits per heavy atom. The van der Waals surface area contributed by atoms with Gasteiger partial charge in [-0.05, 0) is 41.5 Å². The summed E-state index contributed by atoms with van der Waals surface area (Å²) in [5.74, 6) is -3.71. The molecule has 4 aliphatic heterocycles. The Kier molecular flexibility index (Phi) is 3.87. The van der Waals surface area contributed by atoms with Crippen molar-refractivity contribution in [2.75, 3.05) is 13.2 Å². The molecule has 0 aliphatic carbocycles. The summed E-state index contributed by atoms with van der Waals surface area (Å²) in [6.07, 6.45) is -2.48. The highest BCUT2D eigenvalue weighted by Gasteiger charge is 2.73. The fourth-order valence-electron chi connectivity index (χ4n) is 4.25. The minimum Gasteiger partial charge on any atom is -0.394 e. The van der Waals surface area contributed by atoms with Gasteiger partial charge >= 0.3 is 0 Å². The Morgan fingerprint density at radius 3 is 2.16 bits per heavy atom. The molecule has 6 atom stereocenters. The monoisotopic (exact) mass is 360 g/mol. The molecule has 1 N–H and O–H groups in total. The molecule has 0 amide bonds. The predicted molar refractivity (Wildman–Crippen MR) is 83.5 cm³/mol. The second-order valence-corrected chi connectivity index (χ2v) is 8.49. The molecule has 8 heteroatoms. The number of ether oxygens (including phenoxy) is 7. The summed E-state index contributed by atoms with van der Waals surface area (Å²) in [4.78, 5) is 0. The standard InChI is InChI=1S/C17H28O8/c1-14(2)19-8-10-11(22-14)13-17(21-10,25-16(5,6)24-13)12-9(7-18)20-15(3,4)23-12/h9-13,18H,7-8H2,1-6H3/t9-,10?,11?,12+,13?,17?/m0/s1. The van der Waals surface area contributed by atoms with E-state index in [4.69, 9.17) is 33.2 Å². The van der Waals surface area contributed by atoms with Crippen LogP contribution in [-0.2, 0) is 33.2 Å². The van der Waals surface area contributed by atoms with E-state index in [1.54, 1.807) is 13.8 Å². The summed E-state index contributed by atoms with van der Waals surface area (Å²) in [6, 6.07) is 0. The number of rotatable bonds is 2. The molecule has 0 radical (unpaired) electrons. The highest BCUT2D eigenvalue weighted by molar-refractivity contribution is 5.11. The van der Waals surface area contributed by atoms with Crippen LogP contribution in [-0.4, -0.2) is 72.0 Å². The summed E-state index contributed by atoms with van der Waals surface area (Å²) >= 11 is 0. The van der Waals surface area contributed by atoms with Gasteiger partial charge in [-0.2, -0.15) is 0 Å². The molecule has 4 heterocycles. The third-order valence-electron chi connectivity index (χ3n) is 4.99. The summed E-state index contributed by atoms with van der Waals surface area (Å²) in [5, 5.41) is 9.80. The molecule has 8 nitrogen and oxygen atoms in total. The van der Waals surface area contributed by atoms with Gasteiger partial charge in [-0.15, -0.1) is 0 Å². The zero-order chi connectivity index (χ0) is 18.3. The highest BCUT2D eigenvalue weighted by Crippen LogP contribution is 2.53. The van der Waals surface area contributed by atoms with Crippen LogP contribution in [0.15, 0.2) is 0 Å². The number of aliphatic hydroxyl groups is 1. The Bertz CT molecular complexity index is 547. The molecule has 144 valence electrons. The average Bonchev–Trinajstić information content (AvgIpc) is 3.03. The third kappa shape index (κ3) is 2.83. The Hall–Kier alpha value is -0.320.